The summed E-state index contributed by atoms with van der Waals surface area (Å²) >= 11 is 0. The largest absolute Gasteiger partial charge is 0.281 e. The molecular weight excluding hydrogens is 214 g/mol. The van der Waals surface area contributed by atoms with Gasteiger partial charge in [0.2, 0.25) is 10.0 Å². The highest BCUT2D eigenvalue weighted by Gasteiger charge is 2.37. The molecule has 1 heterocycles. The van der Waals surface area contributed by atoms with Gasteiger partial charge in [-0.25, -0.2) is 8.42 Å². The number of nitrogens with one attached hydrogen (secondary N) is 1. The van der Waals surface area contributed by atoms with Crippen LogP contribution in [0.1, 0.15) is 25.5 Å². The van der Waals surface area contributed by atoms with Crippen molar-refractivity contribution in [1.29, 1.82) is 0 Å². The molecule has 0 unspecified atom stereocenters. The number of hydrogen-bond donors (Lipinski definition) is 1. The fraction of sp³-hybridized carbons (Fsp3) is 0.667. The van der Waals surface area contributed by atoms with Crippen molar-refractivity contribution in [1.82, 2.24) is 14.5 Å². The second-order valence-electron chi connectivity index (χ2n) is 3.80. The molecule has 1 aliphatic carbocycles. The second-order valence-corrected chi connectivity index (χ2v) is 5.66. The SMILES string of the molecule is CCN(C1CC1)S(=O)(=O)c1cn[nH]c1C. The summed E-state index contributed by atoms with van der Waals surface area (Å²) in [6.07, 6.45) is 3.34. The van der Waals surface area contributed by atoms with Crippen molar-refractivity contribution in [2.45, 2.75) is 37.6 Å². The van der Waals surface area contributed by atoms with Gasteiger partial charge in [-0.1, -0.05) is 6.92 Å². The first-order valence-corrected chi connectivity index (χ1v) is 6.53. The topological polar surface area (TPSA) is 66.1 Å². The molecule has 1 aliphatic rings. The first-order chi connectivity index (χ1) is 7.07. The summed E-state index contributed by atoms with van der Waals surface area (Å²) in [6.45, 7) is 4.11. The third kappa shape index (κ3) is 1.79. The Labute approximate surface area is 89.5 Å². The number of aromatic amines is 1. The van der Waals surface area contributed by atoms with Gasteiger partial charge in [0.15, 0.2) is 0 Å². The molecule has 1 aromatic rings. The van der Waals surface area contributed by atoms with Crippen molar-refractivity contribution in [2.24, 2.45) is 0 Å². The minimum Gasteiger partial charge on any atom is -0.281 e. The van der Waals surface area contributed by atoms with Crippen LogP contribution in [0, 0.1) is 6.92 Å². The number of aromatic nitrogens is 2. The summed E-state index contributed by atoms with van der Waals surface area (Å²) in [6, 6.07) is 0.203. The zero-order chi connectivity index (χ0) is 11.1. The van der Waals surface area contributed by atoms with Gasteiger partial charge in [0.25, 0.3) is 0 Å². The molecule has 0 bridgehead atoms. The molecule has 84 valence electrons. The number of H-pyrrole nitrogens is 1. The van der Waals surface area contributed by atoms with Crippen LogP contribution < -0.4 is 0 Å². The predicted octanol–water partition coefficient (Wildman–Crippen LogP) is 0.891. The van der Waals surface area contributed by atoms with Crippen molar-refractivity contribution in [3.8, 4) is 0 Å². The summed E-state index contributed by atoms with van der Waals surface area (Å²) in [5.74, 6) is 0. The van der Waals surface area contributed by atoms with E-state index in [-0.39, 0.29) is 6.04 Å². The van der Waals surface area contributed by atoms with E-state index in [0.717, 1.165) is 12.8 Å². The van der Waals surface area contributed by atoms with Crippen LogP contribution in [0.25, 0.3) is 0 Å². The number of hydrogen-bond acceptors (Lipinski definition) is 3. The third-order valence-corrected chi connectivity index (χ3v) is 4.78. The van der Waals surface area contributed by atoms with Gasteiger partial charge in [0, 0.05) is 12.6 Å². The average Bonchev–Trinajstić information content (AvgIpc) is 2.88. The maximum absolute atomic E-state index is 12.2. The molecule has 0 saturated heterocycles. The molecule has 0 spiro atoms. The van der Waals surface area contributed by atoms with Gasteiger partial charge in [-0.3, -0.25) is 5.10 Å². The Bertz CT molecular complexity index is 448. The molecule has 1 saturated carbocycles. The second kappa shape index (κ2) is 3.61. The number of rotatable bonds is 4. The molecule has 1 aromatic heterocycles. The molecule has 5 nitrogen and oxygen atoms in total. The average molecular weight is 229 g/mol. The first-order valence-electron chi connectivity index (χ1n) is 5.09. The summed E-state index contributed by atoms with van der Waals surface area (Å²) in [4.78, 5) is 0.302. The lowest BCUT2D eigenvalue weighted by Crippen LogP contribution is -2.33. The maximum Gasteiger partial charge on any atom is 0.246 e. The van der Waals surface area contributed by atoms with E-state index in [0.29, 0.717) is 17.1 Å². The predicted molar refractivity (Wildman–Crippen MR) is 55.9 cm³/mol. The van der Waals surface area contributed by atoms with Crippen LogP contribution >= 0.6 is 0 Å². The number of aryl methyl sites for hydroxylation is 1. The lowest BCUT2D eigenvalue weighted by Gasteiger charge is -2.19. The number of nitrogens with zero attached hydrogens (tertiary/aromatic N) is 2. The van der Waals surface area contributed by atoms with Crippen molar-refractivity contribution in [3.05, 3.63) is 11.9 Å². The zero-order valence-corrected chi connectivity index (χ0v) is 9.71. The summed E-state index contributed by atoms with van der Waals surface area (Å²) in [7, 11) is -3.34. The van der Waals surface area contributed by atoms with E-state index in [1.807, 2.05) is 6.92 Å². The fourth-order valence-corrected chi connectivity index (χ4v) is 3.53. The Morgan fingerprint density at radius 2 is 2.27 bits per heavy atom. The normalized spacial score (nSPS) is 17.3. The molecule has 0 amide bonds. The highest BCUT2D eigenvalue weighted by molar-refractivity contribution is 7.89. The van der Waals surface area contributed by atoms with Crippen molar-refractivity contribution in [2.75, 3.05) is 6.54 Å². The molecule has 1 fully saturated rings. The van der Waals surface area contributed by atoms with E-state index in [9.17, 15) is 8.42 Å². The highest BCUT2D eigenvalue weighted by atomic mass is 32.2. The van der Waals surface area contributed by atoms with Crippen LogP contribution in [0.5, 0.6) is 0 Å². The standard InChI is InChI=1S/C9H15N3O2S/c1-3-12(8-4-5-8)15(13,14)9-6-10-11-7(9)2/h6,8H,3-5H2,1-2H3,(H,10,11). The van der Waals surface area contributed by atoms with Gasteiger partial charge in [-0.2, -0.15) is 9.40 Å². The van der Waals surface area contributed by atoms with E-state index < -0.39 is 10.0 Å². The lowest BCUT2D eigenvalue weighted by molar-refractivity contribution is 0.420. The van der Waals surface area contributed by atoms with Gasteiger partial charge >= 0.3 is 0 Å². The van der Waals surface area contributed by atoms with E-state index in [4.69, 9.17) is 0 Å². The van der Waals surface area contributed by atoms with Crippen molar-refractivity contribution in [3.63, 3.8) is 0 Å². The van der Waals surface area contributed by atoms with Crippen LogP contribution in [0.2, 0.25) is 0 Å². The molecular formula is C9H15N3O2S. The Balaban J connectivity index is 2.37. The molecule has 0 aromatic carbocycles. The molecule has 0 radical (unpaired) electrons. The van der Waals surface area contributed by atoms with Gasteiger partial charge in [0.05, 0.1) is 11.9 Å². The molecule has 0 aliphatic heterocycles. The first kappa shape index (κ1) is 10.6. The van der Waals surface area contributed by atoms with Gasteiger partial charge < -0.3 is 0 Å². The van der Waals surface area contributed by atoms with Gasteiger partial charge in [-0.05, 0) is 19.8 Å². The quantitative estimate of drug-likeness (QED) is 0.834. The minimum absolute atomic E-state index is 0.203. The molecule has 2 rings (SSSR count). The summed E-state index contributed by atoms with van der Waals surface area (Å²) < 4.78 is 25.9. The lowest BCUT2D eigenvalue weighted by atomic mass is 10.5. The van der Waals surface area contributed by atoms with Crippen molar-refractivity contribution < 1.29 is 8.42 Å². The molecule has 0 atom stereocenters. The Hall–Kier alpha value is -0.880. The summed E-state index contributed by atoms with van der Waals surface area (Å²) in [5, 5.41) is 6.41. The Morgan fingerprint density at radius 3 is 2.67 bits per heavy atom. The highest BCUT2D eigenvalue weighted by Crippen LogP contribution is 2.32. The van der Waals surface area contributed by atoms with Crippen LogP contribution in [0.4, 0.5) is 0 Å². The van der Waals surface area contributed by atoms with Crippen LogP contribution in [0.3, 0.4) is 0 Å². The monoisotopic (exact) mass is 229 g/mol. The third-order valence-electron chi connectivity index (χ3n) is 2.64. The smallest absolute Gasteiger partial charge is 0.246 e. The molecule has 6 heteroatoms. The Morgan fingerprint density at radius 1 is 1.60 bits per heavy atom. The Kier molecular flexibility index (Phi) is 2.56. The van der Waals surface area contributed by atoms with E-state index >= 15 is 0 Å². The maximum atomic E-state index is 12.2. The molecule has 15 heavy (non-hydrogen) atoms. The van der Waals surface area contributed by atoms with Crippen LogP contribution in [-0.4, -0.2) is 35.5 Å². The van der Waals surface area contributed by atoms with Crippen LogP contribution in [0.15, 0.2) is 11.1 Å². The van der Waals surface area contributed by atoms with Crippen LogP contribution in [-0.2, 0) is 10.0 Å². The van der Waals surface area contributed by atoms with E-state index in [1.54, 1.807) is 11.2 Å². The zero-order valence-electron chi connectivity index (χ0n) is 8.90. The van der Waals surface area contributed by atoms with E-state index in [1.165, 1.54) is 6.20 Å². The fourth-order valence-electron chi connectivity index (χ4n) is 1.71. The van der Waals surface area contributed by atoms with Gasteiger partial charge in [-0.15, -0.1) is 0 Å². The summed E-state index contributed by atoms with van der Waals surface area (Å²) in [5.41, 5.74) is 0.606. The van der Waals surface area contributed by atoms with Gasteiger partial charge in [0.1, 0.15) is 4.90 Å². The molecule has 1 N–H and O–H groups in total. The van der Waals surface area contributed by atoms with E-state index in [2.05, 4.69) is 10.2 Å². The minimum atomic E-state index is -3.34. The van der Waals surface area contributed by atoms with Crippen molar-refractivity contribution >= 4 is 10.0 Å². The number of sulfonamides is 1.